The van der Waals surface area contributed by atoms with Gasteiger partial charge in [-0.15, -0.1) is 11.3 Å². The Morgan fingerprint density at radius 2 is 2.03 bits per heavy atom. The van der Waals surface area contributed by atoms with Gasteiger partial charge >= 0.3 is 6.18 Å². The number of likely N-dealkylation sites (N-methyl/N-ethyl adjacent to an activating group) is 1. The minimum absolute atomic E-state index is 0.150. The normalized spacial score (nSPS) is 20.9. The maximum atomic E-state index is 13.0. The van der Waals surface area contributed by atoms with Crippen LogP contribution in [0.25, 0.3) is 11.3 Å². The Morgan fingerprint density at radius 1 is 1.20 bits per heavy atom. The van der Waals surface area contributed by atoms with Crippen LogP contribution in [0.5, 0.6) is 0 Å². The van der Waals surface area contributed by atoms with E-state index in [1.54, 1.807) is 29.5 Å². The van der Waals surface area contributed by atoms with Crippen molar-refractivity contribution in [2.45, 2.75) is 25.3 Å². The highest BCUT2D eigenvalue weighted by Crippen LogP contribution is 2.40. The predicted octanol–water partition coefficient (Wildman–Crippen LogP) is 3.45. The molecule has 0 spiro atoms. The third-order valence-corrected chi connectivity index (χ3v) is 6.68. The lowest BCUT2D eigenvalue weighted by atomic mass is 10.0. The first-order valence-electron chi connectivity index (χ1n) is 9.60. The number of rotatable bonds is 2. The van der Waals surface area contributed by atoms with E-state index in [1.165, 1.54) is 15.8 Å². The van der Waals surface area contributed by atoms with Crippen molar-refractivity contribution in [2.24, 2.45) is 0 Å². The van der Waals surface area contributed by atoms with E-state index in [2.05, 4.69) is 17.7 Å². The number of anilines is 1. The van der Waals surface area contributed by atoms with E-state index in [1.807, 2.05) is 0 Å². The minimum Gasteiger partial charge on any atom is -0.457 e. The molecule has 3 N–H and O–H groups in total. The number of carbonyl (C=O) groups is 1. The predicted molar refractivity (Wildman–Crippen MR) is 106 cm³/mol. The summed E-state index contributed by atoms with van der Waals surface area (Å²) in [7, 11) is 2.14. The molecule has 30 heavy (non-hydrogen) atoms. The molecular weight excluding hydrogens is 415 g/mol. The van der Waals surface area contributed by atoms with Crippen molar-refractivity contribution in [1.29, 1.82) is 0 Å². The van der Waals surface area contributed by atoms with E-state index in [4.69, 9.17) is 4.42 Å². The van der Waals surface area contributed by atoms with Crippen LogP contribution in [0, 0.1) is 0 Å². The molecule has 5 nitrogen and oxygen atoms in total. The minimum atomic E-state index is -4.42. The SMILES string of the molecule is C[NH+]1CCc2c(sc3c2C(=O)N[C@@H](c2ccc(-c4cccc(C(F)(F)F)c4)o2)N3)C1. The highest BCUT2D eigenvalue weighted by molar-refractivity contribution is 7.16. The van der Waals surface area contributed by atoms with Crippen LogP contribution in [0.15, 0.2) is 40.8 Å². The Bertz CT molecular complexity index is 1130. The van der Waals surface area contributed by atoms with Gasteiger partial charge in [-0.3, -0.25) is 4.79 Å². The average molecular weight is 434 g/mol. The third kappa shape index (κ3) is 3.27. The molecule has 0 saturated heterocycles. The van der Waals surface area contributed by atoms with E-state index < -0.39 is 17.9 Å². The van der Waals surface area contributed by atoms with Gasteiger partial charge in [-0.05, 0) is 29.8 Å². The second-order valence-electron chi connectivity index (χ2n) is 7.67. The van der Waals surface area contributed by atoms with Crippen molar-refractivity contribution in [3.05, 3.63) is 63.7 Å². The summed E-state index contributed by atoms with van der Waals surface area (Å²) in [5, 5.41) is 7.05. The van der Waals surface area contributed by atoms with Gasteiger partial charge in [-0.25, -0.2) is 0 Å². The number of carbonyl (C=O) groups excluding carboxylic acids is 1. The van der Waals surface area contributed by atoms with E-state index in [-0.39, 0.29) is 5.91 Å². The topological polar surface area (TPSA) is 58.7 Å². The molecule has 9 heteroatoms. The summed E-state index contributed by atoms with van der Waals surface area (Å²) in [6.07, 6.45) is -4.13. The molecule has 0 fully saturated rings. The Hall–Kier alpha value is -2.78. The van der Waals surface area contributed by atoms with Crippen molar-refractivity contribution in [1.82, 2.24) is 5.32 Å². The molecular formula is C21H19F3N3O2S+. The molecule has 1 unspecified atom stereocenters. The highest BCUT2D eigenvalue weighted by Gasteiger charge is 2.35. The fraction of sp³-hybridized carbons (Fsp3) is 0.286. The quantitative estimate of drug-likeness (QED) is 0.579. The second kappa shape index (κ2) is 6.88. The van der Waals surface area contributed by atoms with Crippen molar-refractivity contribution in [3.8, 4) is 11.3 Å². The van der Waals surface area contributed by atoms with E-state index in [0.717, 1.165) is 42.2 Å². The number of furan rings is 1. The van der Waals surface area contributed by atoms with Crippen molar-refractivity contribution in [2.75, 3.05) is 18.9 Å². The summed E-state index contributed by atoms with van der Waals surface area (Å²) < 4.78 is 44.8. The molecule has 5 rings (SSSR count). The first-order chi connectivity index (χ1) is 14.3. The Morgan fingerprint density at radius 3 is 2.83 bits per heavy atom. The molecule has 0 bridgehead atoms. The van der Waals surface area contributed by atoms with Crippen molar-refractivity contribution in [3.63, 3.8) is 0 Å². The number of halogens is 3. The number of fused-ring (bicyclic) bond motifs is 3. The Labute approximate surface area is 174 Å². The van der Waals surface area contributed by atoms with Crippen LogP contribution in [0.4, 0.5) is 18.2 Å². The molecule has 2 aromatic heterocycles. The maximum absolute atomic E-state index is 13.0. The molecule has 3 aromatic rings. The molecule has 2 aliphatic heterocycles. The standard InChI is InChI=1S/C21H18F3N3O2S/c1-27-8-7-13-16(10-27)30-20-17(13)19(28)25-18(26-20)15-6-5-14(29-15)11-3-2-4-12(9-11)21(22,23)24/h2-6,9,18,26H,7-8,10H2,1H3,(H,25,28)/p+1/t18-/m1/s1. The number of alkyl halides is 3. The van der Waals surface area contributed by atoms with E-state index >= 15 is 0 Å². The van der Waals surface area contributed by atoms with Gasteiger partial charge in [-0.2, -0.15) is 13.2 Å². The van der Waals surface area contributed by atoms with Gasteiger partial charge in [0.15, 0.2) is 6.17 Å². The number of benzene rings is 1. The number of amides is 1. The zero-order chi connectivity index (χ0) is 21.0. The van der Waals surface area contributed by atoms with E-state index in [0.29, 0.717) is 22.6 Å². The van der Waals surface area contributed by atoms with Crippen LogP contribution in [0.2, 0.25) is 0 Å². The number of thiophene rings is 1. The Kier molecular flexibility index (Phi) is 4.41. The maximum Gasteiger partial charge on any atom is 0.416 e. The Balaban J connectivity index is 1.42. The summed E-state index contributed by atoms with van der Waals surface area (Å²) in [6, 6.07) is 8.28. The molecule has 156 valence electrons. The lowest BCUT2D eigenvalue weighted by Crippen LogP contribution is -3.08. The van der Waals surface area contributed by atoms with Gasteiger partial charge in [0.25, 0.3) is 5.91 Å². The van der Waals surface area contributed by atoms with Gasteiger partial charge in [0.2, 0.25) is 0 Å². The molecule has 0 saturated carbocycles. The van der Waals surface area contributed by atoms with Crippen LogP contribution < -0.4 is 15.5 Å². The van der Waals surface area contributed by atoms with Crippen molar-refractivity contribution < 1.29 is 27.3 Å². The lowest BCUT2D eigenvalue weighted by molar-refractivity contribution is -0.895. The van der Waals surface area contributed by atoms with Crippen LogP contribution >= 0.6 is 11.3 Å². The zero-order valence-electron chi connectivity index (χ0n) is 16.0. The summed E-state index contributed by atoms with van der Waals surface area (Å²) in [6.45, 7) is 1.89. The zero-order valence-corrected chi connectivity index (χ0v) is 16.8. The summed E-state index contributed by atoms with van der Waals surface area (Å²) in [4.78, 5) is 15.4. The summed E-state index contributed by atoms with van der Waals surface area (Å²) in [5.74, 6) is 0.604. The first kappa shape index (κ1) is 19.2. The molecule has 2 aliphatic rings. The number of quaternary nitrogens is 1. The summed E-state index contributed by atoms with van der Waals surface area (Å²) >= 11 is 1.59. The van der Waals surface area contributed by atoms with Gasteiger partial charge < -0.3 is 20.0 Å². The lowest BCUT2D eigenvalue weighted by Gasteiger charge is -2.25. The second-order valence-corrected chi connectivity index (χ2v) is 8.78. The van der Waals surface area contributed by atoms with Gasteiger partial charge in [0, 0.05) is 12.0 Å². The van der Waals surface area contributed by atoms with Crippen LogP contribution in [0.1, 0.15) is 38.3 Å². The van der Waals surface area contributed by atoms with E-state index in [9.17, 15) is 18.0 Å². The number of nitrogens with one attached hydrogen (secondary N) is 3. The first-order valence-corrected chi connectivity index (χ1v) is 10.4. The smallest absolute Gasteiger partial charge is 0.416 e. The van der Waals surface area contributed by atoms with Gasteiger partial charge in [0.05, 0.1) is 29.6 Å². The van der Waals surface area contributed by atoms with Crippen molar-refractivity contribution >= 4 is 22.2 Å². The molecule has 0 aliphatic carbocycles. The third-order valence-electron chi connectivity index (χ3n) is 5.52. The fourth-order valence-corrected chi connectivity index (χ4v) is 5.37. The van der Waals surface area contributed by atoms with Crippen LogP contribution in [-0.4, -0.2) is 19.5 Å². The van der Waals surface area contributed by atoms with Gasteiger partial charge in [0.1, 0.15) is 23.1 Å². The monoisotopic (exact) mass is 434 g/mol. The van der Waals surface area contributed by atoms with Gasteiger partial charge in [-0.1, -0.05) is 12.1 Å². The largest absolute Gasteiger partial charge is 0.457 e. The molecule has 1 aromatic carbocycles. The number of hydrogen-bond acceptors (Lipinski definition) is 4. The fourth-order valence-electron chi connectivity index (χ4n) is 3.99. The molecule has 1 amide bonds. The molecule has 2 atom stereocenters. The van der Waals surface area contributed by atoms with Crippen LogP contribution in [-0.2, 0) is 19.1 Å². The van der Waals surface area contributed by atoms with Crippen LogP contribution in [0.3, 0.4) is 0 Å². The summed E-state index contributed by atoms with van der Waals surface area (Å²) in [5.41, 5.74) is 1.43. The number of hydrogen-bond donors (Lipinski definition) is 3. The average Bonchev–Trinajstić information content (AvgIpc) is 3.32. The molecule has 0 radical (unpaired) electrons. The highest BCUT2D eigenvalue weighted by atomic mass is 32.1. The molecule has 4 heterocycles.